The molecule has 1 aromatic rings. The van der Waals surface area contributed by atoms with Crippen molar-refractivity contribution in [2.45, 2.75) is 58.1 Å². The molecule has 1 saturated heterocycles. The number of halogens is 1. The molecule has 0 aliphatic carbocycles. The van der Waals surface area contributed by atoms with Crippen molar-refractivity contribution in [1.82, 2.24) is 4.98 Å². The van der Waals surface area contributed by atoms with Crippen LogP contribution in [0, 0.1) is 0 Å². The first kappa shape index (κ1) is 15.6. The Bertz CT molecular complexity index is 460. The maximum Gasteiger partial charge on any atom is 0.129 e. The number of rotatable bonds is 2. The zero-order valence-electron chi connectivity index (χ0n) is 13.1. The summed E-state index contributed by atoms with van der Waals surface area (Å²) in [5.74, 6) is 1.55. The van der Waals surface area contributed by atoms with E-state index >= 15 is 0 Å². The molecule has 4 heteroatoms. The molecule has 0 spiro atoms. The van der Waals surface area contributed by atoms with Crippen molar-refractivity contribution in [2.75, 3.05) is 18.0 Å². The van der Waals surface area contributed by atoms with E-state index in [2.05, 4.69) is 51.7 Å². The zero-order chi connectivity index (χ0) is 14.9. The van der Waals surface area contributed by atoms with E-state index in [4.69, 9.17) is 21.3 Å². The van der Waals surface area contributed by atoms with Gasteiger partial charge in [0.15, 0.2) is 0 Å². The van der Waals surface area contributed by atoms with E-state index in [0.29, 0.717) is 5.88 Å². The quantitative estimate of drug-likeness (QED) is 0.778. The van der Waals surface area contributed by atoms with Crippen molar-refractivity contribution in [1.29, 1.82) is 0 Å². The van der Waals surface area contributed by atoms with Crippen molar-refractivity contribution >= 4 is 17.4 Å². The summed E-state index contributed by atoms with van der Waals surface area (Å²) in [6, 6.07) is 4.22. The zero-order valence-corrected chi connectivity index (χ0v) is 13.9. The van der Waals surface area contributed by atoms with Crippen LogP contribution >= 0.6 is 11.6 Å². The second-order valence-corrected chi connectivity index (χ2v) is 7.03. The first-order chi connectivity index (χ1) is 9.29. The Morgan fingerprint density at radius 3 is 2.35 bits per heavy atom. The van der Waals surface area contributed by atoms with Crippen LogP contribution in [-0.4, -0.2) is 30.3 Å². The summed E-state index contributed by atoms with van der Waals surface area (Å²) in [5, 5.41) is 0. The highest BCUT2D eigenvalue weighted by Gasteiger charge is 2.25. The molecule has 0 saturated carbocycles. The third-order valence-corrected chi connectivity index (χ3v) is 3.85. The van der Waals surface area contributed by atoms with E-state index in [0.717, 1.165) is 30.2 Å². The van der Waals surface area contributed by atoms with E-state index in [-0.39, 0.29) is 17.6 Å². The Morgan fingerprint density at radius 1 is 1.25 bits per heavy atom. The lowest BCUT2D eigenvalue weighted by Crippen LogP contribution is -2.46. The topological polar surface area (TPSA) is 25.4 Å². The Labute approximate surface area is 127 Å². The summed E-state index contributed by atoms with van der Waals surface area (Å²) in [5.41, 5.74) is 2.26. The van der Waals surface area contributed by atoms with Gasteiger partial charge in [0, 0.05) is 30.1 Å². The Balaban J connectivity index is 2.35. The molecular weight excluding hydrogens is 272 g/mol. The van der Waals surface area contributed by atoms with Crippen LogP contribution < -0.4 is 4.90 Å². The van der Waals surface area contributed by atoms with Crippen LogP contribution in [0.3, 0.4) is 0 Å². The smallest absolute Gasteiger partial charge is 0.129 e. The summed E-state index contributed by atoms with van der Waals surface area (Å²) in [6.07, 6.45) is 0.469. The minimum atomic E-state index is 0.0281. The van der Waals surface area contributed by atoms with Crippen molar-refractivity contribution in [3.63, 3.8) is 0 Å². The number of morpholine rings is 1. The summed E-state index contributed by atoms with van der Waals surface area (Å²) in [6.45, 7) is 12.5. The second-order valence-electron chi connectivity index (χ2n) is 6.76. The molecule has 1 aromatic heterocycles. The molecule has 0 amide bonds. The van der Waals surface area contributed by atoms with Gasteiger partial charge in [-0.05, 0) is 31.5 Å². The minimum Gasteiger partial charge on any atom is -0.372 e. The van der Waals surface area contributed by atoms with Crippen LogP contribution in [0.4, 0.5) is 5.82 Å². The van der Waals surface area contributed by atoms with Gasteiger partial charge in [-0.1, -0.05) is 20.8 Å². The fraction of sp³-hybridized carbons (Fsp3) is 0.688. The molecular formula is C16H25ClN2O. The lowest BCUT2D eigenvalue weighted by Gasteiger charge is -2.36. The predicted octanol–water partition coefficient (Wildman–Crippen LogP) is 3.73. The molecule has 0 radical (unpaired) electrons. The van der Waals surface area contributed by atoms with Crippen LogP contribution in [0.2, 0.25) is 0 Å². The van der Waals surface area contributed by atoms with Crippen molar-refractivity contribution in [3.05, 3.63) is 23.4 Å². The van der Waals surface area contributed by atoms with Gasteiger partial charge in [0.2, 0.25) is 0 Å². The molecule has 0 unspecified atom stereocenters. The van der Waals surface area contributed by atoms with Gasteiger partial charge in [-0.2, -0.15) is 0 Å². The fourth-order valence-electron chi connectivity index (χ4n) is 2.56. The van der Waals surface area contributed by atoms with E-state index < -0.39 is 0 Å². The molecule has 2 atom stereocenters. The summed E-state index contributed by atoms with van der Waals surface area (Å²) < 4.78 is 5.80. The number of ether oxygens (including phenoxy) is 1. The fourth-order valence-corrected chi connectivity index (χ4v) is 2.71. The predicted molar refractivity (Wildman–Crippen MR) is 84.7 cm³/mol. The van der Waals surface area contributed by atoms with Gasteiger partial charge in [-0.15, -0.1) is 11.6 Å². The van der Waals surface area contributed by atoms with Crippen LogP contribution in [0.25, 0.3) is 0 Å². The standard InChI is InChI=1S/C16H25ClN2O/c1-11-9-19(10-12(2)20-11)15-7-13(8-17)6-14(18-15)16(3,4)5/h6-7,11-12H,8-10H2,1-5H3/t11-,12+. The molecule has 1 fully saturated rings. The monoisotopic (exact) mass is 296 g/mol. The van der Waals surface area contributed by atoms with Crippen molar-refractivity contribution in [3.8, 4) is 0 Å². The average Bonchev–Trinajstić information content (AvgIpc) is 2.36. The molecule has 20 heavy (non-hydrogen) atoms. The normalized spacial score (nSPS) is 24.0. The van der Waals surface area contributed by atoms with E-state index in [1.165, 1.54) is 0 Å². The van der Waals surface area contributed by atoms with Gasteiger partial charge in [-0.25, -0.2) is 4.98 Å². The van der Waals surface area contributed by atoms with Gasteiger partial charge in [0.05, 0.1) is 12.2 Å². The minimum absolute atomic E-state index is 0.0281. The molecule has 2 rings (SSSR count). The maximum absolute atomic E-state index is 6.05. The lowest BCUT2D eigenvalue weighted by atomic mass is 9.91. The first-order valence-corrected chi connectivity index (χ1v) is 7.81. The molecule has 1 aliphatic rings. The molecule has 0 N–H and O–H groups in total. The summed E-state index contributed by atoms with van der Waals surface area (Å²) in [7, 11) is 0. The Kier molecular flexibility index (Phi) is 4.60. The molecule has 2 heterocycles. The van der Waals surface area contributed by atoms with E-state index in [1.54, 1.807) is 0 Å². The van der Waals surface area contributed by atoms with E-state index in [1.807, 2.05) is 0 Å². The summed E-state index contributed by atoms with van der Waals surface area (Å²) >= 11 is 6.05. The highest BCUT2D eigenvalue weighted by atomic mass is 35.5. The number of anilines is 1. The number of alkyl halides is 1. The number of hydrogen-bond donors (Lipinski definition) is 0. The second kappa shape index (κ2) is 5.90. The molecule has 3 nitrogen and oxygen atoms in total. The summed E-state index contributed by atoms with van der Waals surface area (Å²) in [4.78, 5) is 7.17. The van der Waals surface area contributed by atoms with Gasteiger partial charge in [0.1, 0.15) is 5.82 Å². The maximum atomic E-state index is 6.05. The van der Waals surface area contributed by atoms with Gasteiger partial charge >= 0.3 is 0 Å². The Morgan fingerprint density at radius 2 is 1.85 bits per heavy atom. The number of pyridine rings is 1. The molecule has 1 aliphatic heterocycles. The third kappa shape index (κ3) is 3.64. The van der Waals surface area contributed by atoms with Crippen LogP contribution in [0.15, 0.2) is 12.1 Å². The third-order valence-electron chi connectivity index (χ3n) is 3.54. The number of hydrogen-bond acceptors (Lipinski definition) is 3. The van der Waals surface area contributed by atoms with Gasteiger partial charge < -0.3 is 9.64 Å². The van der Waals surface area contributed by atoms with Gasteiger partial charge in [-0.3, -0.25) is 0 Å². The van der Waals surface area contributed by atoms with Crippen LogP contribution in [0.5, 0.6) is 0 Å². The molecule has 0 bridgehead atoms. The van der Waals surface area contributed by atoms with Gasteiger partial charge in [0.25, 0.3) is 0 Å². The lowest BCUT2D eigenvalue weighted by molar-refractivity contribution is -0.00547. The largest absolute Gasteiger partial charge is 0.372 e. The van der Waals surface area contributed by atoms with Crippen molar-refractivity contribution in [2.24, 2.45) is 0 Å². The number of nitrogens with zero attached hydrogens (tertiary/aromatic N) is 2. The van der Waals surface area contributed by atoms with Crippen molar-refractivity contribution < 1.29 is 4.74 Å². The molecule has 0 aromatic carbocycles. The SMILES string of the molecule is C[C@@H]1CN(c2cc(CCl)cc(C(C)(C)C)n2)C[C@H](C)O1. The highest BCUT2D eigenvalue weighted by molar-refractivity contribution is 6.17. The van der Waals surface area contributed by atoms with Crippen LogP contribution in [-0.2, 0) is 16.0 Å². The Hall–Kier alpha value is -0.800. The van der Waals surface area contributed by atoms with E-state index in [9.17, 15) is 0 Å². The highest BCUT2D eigenvalue weighted by Crippen LogP contribution is 2.27. The molecule has 112 valence electrons. The first-order valence-electron chi connectivity index (χ1n) is 7.27. The average molecular weight is 297 g/mol. The van der Waals surface area contributed by atoms with Crippen LogP contribution in [0.1, 0.15) is 45.9 Å². The number of aromatic nitrogens is 1.